The summed E-state index contributed by atoms with van der Waals surface area (Å²) < 4.78 is 2.03. The fourth-order valence-corrected chi connectivity index (χ4v) is 2.87. The second-order valence-electron chi connectivity index (χ2n) is 6.50. The van der Waals surface area contributed by atoms with Crippen molar-refractivity contribution in [1.29, 1.82) is 0 Å². The smallest absolute Gasteiger partial charge is 0.255 e. The molecule has 4 heteroatoms. The Bertz CT molecular complexity index is 1080. The number of aryl methyl sites for hydroxylation is 2. The van der Waals surface area contributed by atoms with E-state index in [0.717, 1.165) is 28.2 Å². The van der Waals surface area contributed by atoms with Crippen molar-refractivity contribution in [3.8, 4) is 11.3 Å². The lowest BCUT2D eigenvalue weighted by molar-refractivity contribution is 0.102. The van der Waals surface area contributed by atoms with Gasteiger partial charge in [-0.25, -0.2) is 4.98 Å². The van der Waals surface area contributed by atoms with Gasteiger partial charge >= 0.3 is 0 Å². The second-order valence-corrected chi connectivity index (χ2v) is 6.50. The van der Waals surface area contributed by atoms with Crippen molar-refractivity contribution >= 4 is 17.2 Å². The van der Waals surface area contributed by atoms with Gasteiger partial charge in [-0.05, 0) is 49.7 Å². The second kappa shape index (κ2) is 6.48. The van der Waals surface area contributed by atoms with Crippen molar-refractivity contribution in [2.24, 2.45) is 0 Å². The topological polar surface area (TPSA) is 46.4 Å². The molecule has 0 unspecified atom stereocenters. The maximum absolute atomic E-state index is 12.3. The number of benzene rings is 2. The average Bonchev–Trinajstić information content (AvgIpc) is 3.06. The Kier molecular flexibility index (Phi) is 4.01. The molecule has 26 heavy (non-hydrogen) atoms. The molecular formula is C22H19N3O. The molecule has 4 rings (SSSR count). The number of carbonyl (C=O) groups is 1. The van der Waals surface area contributed by atoms with Gasteiger partial charge in [0.1, 0.15) is 5.65 Å². The molecule has 2 aromatic carbocycles. The quantitative estimate of drug-likeness (QED) is 0.578. The van der Waals surface area contributed by atoms with Gasteiger partial charge in [0.05, 0.1) is 5.69 Å². The van der Waals surface area contributed by atoms with Crippen LogP contribution in [0.5, 0.6) is 0 Å². The molecule has 0 aliphatic rings. The van der Waals surface area contributed by atoms with Crippen LogP contribution in [0.3, 0.4) is 0 Å². The molecule has 1 amide bonds. The van der Waals surface area contributed by atoms with Crippen molar-refractivity contribution in [3.05, 3.63) is 89.7 Å². The zero-order chi connectivity index (χ0) is 18.1. The van der Waals surface area contributed by atoms with Crippen molar-refractivity contribution in [2.45, 2.75) is 13.8 Å². The largest absolute Gasteiger partial charge is 0.322 e. The van der Waals surface area contributed by atoms with Crippen molar-refractivity contribution in [3.63, 3.8) is 0 Å². The van der Waals surface area contributed by atoms with Crippen LogP contribution in [0.1, 0.15) is 21.5 Å². The van der Waals surface area contributed by atoms with Gasteiger partial charge < -0.3 is 9.72 Å². The van der Waals surface area contributed by atoms with E-state index in [1.165, 1.54) is 5.56 Å². The lowest BCUT2D eigenvalue weighted by atomic mass is 10.1. The molecule has 2 aromatic heterocycles. The fraction of sp³-hybridized carbons (Fsp3) is 0.0909. The molecule has 0 saturated carbocycles. The Balaban J connectivity index is 1.54. The number of pyridine rings is 1. The lowest BCUT2D eigenvalue weighted by Crippen LogP contribution is -2.11. The Labute approximate surface area is 152 Å². The van der Waals surface area contributed by atoms with E-state index in [4.69, 9.17) is 0 Å². The fourth-order valence-electron chi connectivity index (χ4n) is 2.87. The predicted molar refractivity (Wildman–Crippen MR) is 104 cm³/mol. The van der Waals surface area contributed by atoms with Crippen LogP contribution in [0.4, 0.5) is 5.69 Å². The van der Waals surface area contributed by atoms with Crippen LogP contribution in [0.15, 0.2) is 73.1 Å². The van der Waals surface area contributed by atoms with E-state index in [1.807, 2.05) is 72.1 Å². The van der Waals surface area contributed by atoms with Crippen LogP contribution in [0.2, 0.25) is 0 Å². The summed E-state index contributed by atoms with van der Waals surface area (Å²) in [5.41, 5.74) is 6.58. The van der Waals surface area contributed by atoms with E-state index in [2.05, 4.69) is 29.5 Å². The standard InChI is InChI=1S/C22H19N3O/c1-15-3-6-18(7-4-15)22(26)23-19-10-8-17(9-11-19)20-14-25-13-16(2)5-12-21(25)24-20/h3-14H,1-2H3,(H,23,26). The Morgan fingerprint density at radius 1 is 0.846 bits per heavy atom. The minimum Gasteiger partial charge on any atom is -0.322 e. The van der Waals surface area contributed by atoms with Crippen molar-refractivity contribution in [2.75, 3.05) is 5.32 Å². The highest BCUT2D eigenvalue weighted by molar-refractivity contribution is 6.04. The third-order valence-corrected chi connectivity index (χ3v) is 4.35. The monoisotopic (exact) mass is 341 g/mol. The summed E-state index contributed by atoms with van der Waals surface area (Å²) >= 11 is 0. The minimum absolute atomic E-state index is 0.110. The highest BCUT2D eigenvalue weighted by Crippen LogP contribution is 2.22. The van der Waals surface area contributed by atoms with Gasteiger partial charge in [-0.3, -0.25) is 4.79 Å². The zero-order valence-electron chi connectivity index (χ0n) is 14.7. The summed E-state index contributed by atoms with van der Waals surface area (Å²) in [4.78, 5) is 16.9. The van der Waals surface area contributed by atoms with Gasteiger partial charge in [0.2, 0.25) is 0 Å². The number of amides is 1. The Hall–Kier alpha value is -3.40. The molecule has 0 fully saturated rings. The molecule has 1 N–H and O–H groups in total. The predicted octanol–water partition coefficient (Wildman–Crippen LogP) is 4.87. The molecule has 0 bridgehead atoms. The zero-order valence-corrected chi connectivity index (χ0v) is 14.7. The molecule has 0 atom stereocenters. The number of nitrogens with zero attached hydrogens (tertiary/aromatic N) is 2. The van der Waals surface area contributed by atoms with E-state index < -0.39 is 0 Å². The summed E-state index contributed by atoms with van der Waals surface area (Å²) in [5, 5.41) is 2.93. The molecule has 0 aliphatic heterocycles. The summed E-state index contributed by atoms with van der Waals surface area (Å²) in [5.74, 6) is -0.110. The van der Waals surface area contributed by atoms with E-state index >= 15 is 0 Å². The minimum atomic E-state index is -0.110. The summed E-state index contributed by atoms with van der Waals surface area (Å²) in [6.07, 6.45) is 4.07. The first-order valence-electron chi connectivity index (χ1n) is 8.52. The van der Waals surface area contributed by atoms with Gasteiger partial charge in [0.25, 0.3) is 5.91 Å². The van der Waals surface area contributed by atoms with Crippen LogP contribution in [0, 0.1) is 13.8 Å². The van der Waals surface area contributed by atoms with Crippen molar-refractivity contribution < 1.29 is 4.79 Å². The highest BCUT2D eigenvalue weighted by atomic mass is 16.1. The Morgan fingerprint density at radius 3 is 2.27 bits per heavy atom. The van der Waals surface area contributed by atoms with Crippen LogP contribution >= 0.6 is 0 Å². The number of carbonyl (C=O) groups excluding carboxylic acids is 1. The van der Waals surface area contributed by atoms with Crippen LogP contribution < -0.4 is 5.32 Å². The molecule has 0 saturated heterocycles. The molecular weight excluding hydrogens is 322 g/mol. The van der Waals surface area contributed by atoms with Crippen LogP contribution in [-0.4, -0.2) is 15.3 Å². The van der Waals surface area contributed by atoms with Gasteiger partial charge in [-0.1, -0.05) is 35.9 Å². The molecule has 4 nitrogen and oxygen atoms in total. The third-order valence-electron chi connectivity index (χ3n) is 4.35. The number of aromatic nitrogens is 2. The van der Waals surface area contributed by atoms with E-state index in [1.54, 1.807) is 0 Å². The molecule has 0 radical (unpaired) electrons. The number of hydrogen-bond acceptors (Lipinski definition) is 2. The van der Waals surface area contributed by atoms with E-state index in [0.29, 0.717) is 5.56 Å². The summed E-state index contributed by atoms with van der Waals surface area (Å²) in [7, 11) is 0. The van der Waals surface area contributed by atoms with Gasteiger partial charge in [-0.15, -0.1) is 0 Å². The van der Waals surface area contributed by atoms with Crippen LogP contribution in [-0.2, 0) is 0 Å². The van der Waals surface area contributed by atoms with Gasteiger partial charge in [0.15, 0.2) is 0 Å². The molecule has 128 valence electrons. The van der Waals surface area contributed by atoms with E-state index in [-0.39, 0.29) is 5.91 Å². The number of nitrogens with one attached hydrogen (secondary N) is 1. The average molecular weight is 341 g/mol. The first-order valence-corrected chi connectivity index (χ1v) is 8.52. The van der Waals surface area contributed by atoms with E-state index in [9.17, 15) is 4.79 Å². The maximum Gasteiger partial charge on any atom is 0.255 e. The normalized spacial score (nSPS) is 10.8. The molecule has 2 heterocycles. The van der Waals surface area contributed by atoms with Gasteiger partial charge in [-0.2, -0.15) is 0 Å². The number of hydrogen-bond donors (Lipinski definition) is 1. The van der Waals surface area contributed by atoms with Crippen LogP contribution in [0.25, 0.3) is 16.9 Å². The lowest BCUT2D eigenvalue weighted by Gasteiger charge is -2.06. The number of rotatable bonds is 3. The molecule has 0 spiro atoms. The molecule has 0 aliphatic carbocycles. The van der Waals surface area contributed by atoms with Gasteiger partial charge in [0, 0.05) is 29.2 Å². The maximum atomic E-state index is 12.3. The van der Waals surface area contributed by atoms with Crippen molar-refractivity contribution in [1.82, 2.24) is 9.38 Å². The first kappa shape index (κ1) is 16.1. The summed E-state index contributed by atoms with van der Waals surface area (Å²) in [6, 6.07) is 19.3. The molecule has 4 aromatic rings. The Morgan fingerprint density at radius 2 is 1.54 bits per heavy atom. The number of anilines is 1. The SMILES string of the molecule is Cc1ccc(C(=O)Nc2ccc(-c3cn4cc(C)ccc4n3)cc2)cc1. The first-order chi connectivity index (χ1) is 12.6. The summed E-state index contributed by atoms with van der Waals surface area (Å²) in [6.45, 7) is 4.06. The number of fused-ring (bicyclic) bond motifs is 1. The number of imidazole rings is 1. The highest BCUT2D eigenvalue weighted by Gasteiger charge is 2.07. The third kappa shape index (κ3) is 3.22.